The Hall–Kier alpha value is -2.75. The second-order valence-corrected chi connectivity index (χ2v) is 5.99. The van der Waals surface area contributed by atoms with E-state index < -0.39 is 0 Å². The van der Waals surface area contributed by atoms with Crippen molar-refractivity contribution in [1.29, 1.82) is 0 Å². The highest BCUT2D eigenvalue weighted by atomic mass is 16.5. The van der Waals surface area contributed by atoms with E-state index in [4.69, 9.17) is 9.47 Å². The van der Waals surface area contributed by atoms with E-state index in [0.29, 0.717) is 25.3 Å². The average Bonchev–Trinajstić information content (AvgIpc) is 2.57. The van der Waals surface area contributed by atoms with Crippen molar-refractivity contribution in [2.45, 2.75) is 20.8 Å². The lowest BCUT2D eigenvalue weighted by Gasteiger charge is -2.30. The first-order chi connectivity index (χ1) is 12.1. The van der Waals surface area contributed by atoms with Gasteiger partial charge in [-0.25, -0.2) is 4.79 Å². The molecule has 25 heavy (non-hydrogen) atoms. The lowest BCUT2D eigenvalue weighted by atomic mass is 9.98. The molecule has 0 amide bonds. The van der Waals surface area contributed by atoms with E-state index in [1.807, 2.05) is 51.1 Å². The van der Waals surface area contributed by atoms with Gasteiger partial charge in [0.1, 0.15) is 12.4 Å². The number of hydrogen-bond acceptors (Lipinski definition) is 4. The van der Waals surface area contributed by atoms with Crippen molar-refractivity contribution in [3.05, 3.63) is 65.2 Å². The standard InChI is InChI=1S/C21H23NO3/c1-4-24-21(23)19-15(2)14-18-20(16(19)3)22(12-8-9-13-25-18)17-10-6-5-7-11-17/h5-11,14H,4,12-13H2,1-3H3/b9-8-. The van der Waals surface area contributed by atoms with Gasteiger partial charge in [-0.05, 0) is 56.2 Å². The molecule has 4 nitrogen and oxygen atoms in total. The molecule has 0 spiro atoms. The molecular formula is C21H23NO3. The molecule has 0 bridgehead atoms. The van der Waals surface area contributed by atoms with E-state index >= 15 is 0 Å². The zero-order chi connectivity index (χ0) is 17.8. The number of ether oxygens (including phenoxy) is 2. The summed E-state index contributed by atoms with van der Waals surface area (Å²) in [5.74, 6) is 0.502. The normalized spacial score (nSPS) is 14.8. The van der Waals surface area contributed by atoms with Gasteiger partial charge >= 0.3 is 5.97 Å². The van der Waals surface area contributed by atoms with Gasteiger partial charge in [-0.1, -0.05) is 24.3 Å². The van der Waals surface area contributed by atoms with Crippen LogP contribution in [0.4, 0.5) is 11.4 Å². The Labute approximate surface area is 148 Å². The van der Waals surface area contributed by atoms with Gasteiger partial charge in [0.15, 0.2) is 0 Å². The summed E-state index contributed by atoms with van der Waals surface area (Å²) < 4.78 is 11.2. The predicted molar refractivity (Wildman–Crippen MR) is 100.0 cm³/mol. The fourth-order valence-corrected chi connectivity index (χ4v) is 3.22. The molecule has 0 aromatic heterocycles. The highest BCUT2D eigenvalue weighted by molar-refractivity contribution is 5.96. The lowest BCUT2D eigenvalue weighted by molar-refractivity contribution is 0.0524. The molecule has 0 unspecified atom stereocenters. The third-order valence-electron chi connectivity index (χ3n) is 4.31. The summed E-state index contributed by atoms with van der Waals surface area (Å²) in [6.07, 6.45) is 4.10. The van der Waals surface area contributed by atoms with Crippen LogP contribution in [0.1, 0.15) is 28.4 Å². The van der Waals surface area contributed by atoms with Gasteiger partial charge in [0.2, 0.25) is 0 Å². The van der Waals surface area contributed by atoms with Gasteiger partial charge in [-0.3, -0.25) is 0 Å². The number of hydrogen-bond donors (Lipinski definition) is 0. The number of esters is 1. The van der Waals surface area contributed by atoms with E-state index in [-0.39, 0.29) is 5.97 Å². The maximum absolute atomic E-state index is 12.5. The number of fused-ring (bicyclic) bond motifs is 1. The highest BCUT2D eigenvalue weighted by Crippen LogP contribution is 2.40. The van der Waals surface area contributed by atoms with E-state index in [9.17, 15) is 4.79 Å². The largest absolute Gasteiger partial charge is 0.487 e. The smallest absolute Gasteiger partial charge is 0.338 e. The lowest BCUT2D eigenvalue weighted by Crippen LogP contribution is -2.22. The van der Waals surface area contributed by atoms with Gasteiger partial charge in [-0.2, -0.15) is 0 Å². The zero-order valence-corrected chi connectivity index (χ0v) is 14.9. The van der Waals surface area contributed by atoms with Crippen LogP contribution < -0.4 is 9.64 Å². The summed E-state index contributed by atoms with van der Waals surface area (Å²) in [5, 5.41) is 0. The maximum atomic E-state index is 12.5. The number of carbonyl (C=O) groups excluding carboxylic acids is 1. The second-order valence-electron chi connectivity index (χ2n) is 5.99. The summed E-state index contributed by atoms with van der Waals surface area (Å²) in [4.78, 5) is 14.6. The van der Waals surface area contributed by atoms with Gasteiger partial charge in [0, 0.05) is 12.2 Å². The van der Waals surface area contributed by atoms with Crippen LogP contribution in [0.3, 0.4) is 0 Å². The SMILES string of the molecule is CCOC(=O)c1c(C)cc2c(c1C)N(c1ccccc1)C/C=C\CO2. The quantitative estimate of drug-likeness (QED) is 0.608. The minimum atomic E-state index is -0.286. The summed E-state index contributed by atoms with van der Waals surface area (Å²) in [7, 11) is 0. The number of nitrogens with zero attached hydrogens (tertiary/aromatic N) is 1. The van der Waals surface area contributed by atoms with Crippen molar-refractivity contribution in [2.75, 3.05) is 24.7 Å². The van der Waals surface area contributed by atoms with E-state index in [1.165, 1.54) is 0 Å². The summed E-state index contributed by atoms with van der Waals surface area (Å²) >= 11 is 0. The number of anilines is 2. The summed E-state index contributed by atoms with van der Waals surface area (Å²) in [6, 6.07) is 12.1. The van der Waals surface area contributed by atoms with Gasteiger partial charge in [-0.15, -0.1) is 0 Å². The number of rotatable bonds is 3. The number of aryl methyl sites for hydroxylation is 1. The molecule has 3 rings (SSSR count). The van der Waals surface area contributed by atoms with Crippen LogP contribution in [-0.2, 0) is 4.74 Å². The van der Waals surface area contributed by atoms with Gasteiger partial charge in [0.05, 0.1) is 17.9 Å². The molecule has 2 aromatic carbocycles. The van der Waals surface area contributed by atoms with E-state index in [1.54, 1.807) is 0 Å². The Kier molecular flexibility index (Phi) is 5.08. The molecule has 1 aliphatic heterocycles. The fraction of sp³-hybridized carbons (Fsp3) is 0.286. The summed E-state index contributed by atoms with van der Waals surface area (Å²) in [6.45, 7) is 7.30. The molecule has 0 aliphatic carbocycles. The molecule has 1 heterocycles. The molecule has 0 N–H and O–H groups in total. The number of benzene rings is 2. The van der Waals surface area contributed by atoms with Crippen LogP contribution in [0.15, 0.2) is 48.6 Å². The van der Waals surface area contributed by atoms with Crippen LogP contribution in [0, 0.1) is 13.8 Å². The fourth-order valence-electron chi connectivity index (χ4n) is 3.22. The zero-order valence-electron chi connectivity index (χ0n) is 14.9. The number of carbonyl (C=O) groups is 1. The molecule has 0 atom stereocenters. The van der Waals surface area contributed by atoms with Crippen LogP contribution in [-0.4, -0.2) is 25.7 Å². The van der Waals surface area contributed by atoms with Gasteiger partial charge in [0.25, 0.3) is 0 Å². The third kappa shape index (κ3) is 3.38. The van der Waals surface area contributed by atoms with Crippen molar-refractivity contribution < 1.29 is 14.3 Å². The summed E-state index contributed by atoms with van der Waals surface area (Å²) in [5.41, 5.74) is 4.35. The Morgan fingerprint density at radius 3 is 2.68 bits per heavy atom. The molecule has 4 heteroatoms. The molecule has 0 radical (unpaired) electrons. The molecule has 0 saturated carbocycles. The van der Waals surface area contributed by atoms with E-state index in [2.05, 4.69) is 23.1 Å². The highest BCUT2D eigenvalue weighted by Gasteiger charge is 2.24. The van der Waals surface area contributed by atoms with Crippen molar-refractivity contribution in [1.82, 2.24) is 0 Å². The Morgan fingerprint density at radius 2 is 1.96 bits per heavy atom. The van der Waals surface area contributed by atoms with Crippen LogP contribution in [0.5, 0.6) is 5.75 Å². The Balaban J connectivity index is 2.19. The molecule has 0 fully saturated rings. The monoisotopic (exact) mass is 337 g/mol. The van der Waals surface area contributed by atoms with Crippen molar-refractivity contribution in [3.63, 3.8) is 0 Å². The molecule has 2 aromatic rings. The van der Waals surface area contributed by atoms with Crippen LogP contribution in [0.2, 0.25) is 0 Å². The molecular weight excluding hydrogens is 314 g/mol. The van der Waals surface area contributed by atoms with Crippen molar-refractivity contribution in [2.24, 2.45) is 0 Å². The average molecular weight is 337 g/mol. The molecule has 130 valence electrons. The minimum absolute atomic E-state index is 0.286. The van der Waals surface area contributed by atoms with Gasteiger partial charge < -0.3 is 14.4 Å². The minimum Gasteiger partial charge on any atom is -0.487 e. The first-order valence-corrected chi connectivity index (χ1v) is 8.55. The topological polar surface area (TPSA) is 38.8 Å². The van der Waals surface area contributed by atoms with Crippen molar-refractivity contribution in [3.8, 4) is 5.75 Å². The third-order valence-corrected chi connectivity index (χ3v) is 4.31. The molecule has 0 saturated heterocycles. The first kappa shape index (κ1) is 17.1. The predicted octanol–water partition coefficient (Wildman–Crippen LogP) is 4.57. The van der Waals surface area contributed by atoms with E-state index in [0.717, 1.165) is 28.3 Å². The van der Waals surface area contributed by atoms with Crippen molar-refractivity contribution >= 4 is 17.3 Å². The molecule has 1 aliphatic rings. The maximum Gasteiger partial charge on any atom is 0.338 e. The number of para-hydroxylation sites is 1. The Bertz CT molecular complexity index is 797. The van der Waals surface area contributed by atoms with Crippen LogP contribution in [0.25, 0.3) is 0 Å². The Morgan fingerprint density at radius 1 is 1.20 bits per heavy atom. The second kappa shape index (κ2) is 7.43. The first-order valence-electron chi connectivity index (χ1n) is 8.55. The van der Waals surface area contributed by atoms with Crippen LogP contribution >= 0.6 is 0 Å².